The van der Waals surface area contributed by atoms with Crippen molar-refractivity contribution in [1.29, 1.82) is 0 Å². The summed E-state index contributed by atoms with van der Waals surface area (Å²) in [5.41, 5.74) is 2.21. The van der Waals surface area contributed by atoms with E-state index in [1.165, 1.54) is 4.90 Å². The van der Waals surface area contributed by atoms with Gasteiger partial charge in [-0.25, -0.2) is 0 Å². The highest BCUT2D eigenvalue weighted by Gasteiger charge is 2.35. The highest BCUT2D eigenvalue weighted by molar-refractivity contribution is 6.21. The van der Waals surface area contributed by atoms with E-state index in [1.807, 2.05) is 17.9 Å². The Labute approximate surface area is 169 Å². The van der Waals surface area contributed by atoms with E-state index in [-0.39, 0.29) is 42.7 Å². The Morgan fingerprint density at radius 3 is 2.39 bits per heavy atom. The fourth-order valence-corrected chi connectivity index (χ4v) is 3.68. The molecule has 0 spiro atoms. The van der Waals surface area contributed by atoms with Crippen LogP contribution in [-0.2, 0) is 6.54 Å². The average molecular weight is 400 g/mol. The van der Waals surface area contributed by atoms with Crippen molar-refractivity contribution in [2.75, 3.05) is 19.6 Å². The van der Waals surface area contributed by atoms with Crippen LogP contribution in [0.4, 0.5) is 0 Å². The number of halogens is 1. The number of piperazine rings is 1. The van der Waals surface area contributed by atoms with Crippen LogP contribution in [0.5, 0.6) is 0 Å². The molecule has 28 heavy (non-hydrogen) atoms. The zero-order valence-corrected chi connectivity index (χ0v) is 16.4. The van der Waals surface area contributed by atoms with Crippen molar-refractivity contribution < 1.29 is 14.4 Å². The molecule has 1 atom stereocenters. The first-order valence-corrected chi connectivity index (χ1v) is 9.12. The Morgan fingerprint density at radius 1 is 1.07 bits per heavy atom. The topological polar surface area (TPSA) is 69.7 Å². The van der Waals surface area contributed by atoms with Crippen LogP contribution in [0.15, 0.2) is 48.5 Å². The lowest BCUT2D eigenvalue weighted by Gasteiger charge is -2.34. The van der Waals surface area contributed by atoms with E-state index < -0.39 is 0 Å². The summed E-state index contributed by atoms with van der Waals surface area (Å²) in [4.78, 5) is 41.0. The van der Waals surface area contributed by atoms with Crippen molar-refractivity contribution in [3.63, 3.8) is 0 Å². The summed E-state index contributed by atoms with van der Waals surface area (Å²) in [6, 6.07) is 14.2. The van der Waals surface area contributed by atoms with Gasteiger partial charge in [0, 0.05) is 31.2 Å². The molecule has 2 aliphatic rings. The first-order chi connectivity index (χ1) is 13.1. The van der Waals surface area contributed by atoms with E-state index in [0.29, 0.717) is 23.2 Å². The van der Waals surface area contributed by atoms with E-state index in [1.54, 1.807) is 42.5 Å². The maximum absolute atomic E-state index is 12.9. The molecule has 3 amide bonds. The monoisotopic (exact) mass is 399 g/mol. The van der Waals surface area contributed by atoms with Gasteiger partial charge in [0.05, 0.1) is 17.7 Å². The first-order valence-electron chi connectivity index (χ1n) is 9.12. The second kappa shape index (κ2) is 8.12. The van der Waals surface area contributed by atoms with Crippen LogP contribution in [0, 0.1) is 0 Å². The molecule has 2 aromatic carbocycles. The van der Waals surface area contributed by atoms with Crippen LogP contribution in [0.2, 0.25) is 0 Å². The second-order valence-electron chi connectivity index (χ2n) is 6.99. The quantitative estimate of drug-likeness (QED) is 0.804. The van der Waals surface area contributed by atoms with Crippen molar-refractivity contribution >= 4 is 30.1 Å². The van der Waals surface area contributed by atoms with E-state index in [0.717, 1.165) is 18.7 Å². The molecule has 1 N–H and O–H groups in total. The second-order valence-corrected chi connectivity index (χ2v) is 6.99. The summed E-state index contributed by atoms with van der Waals surface area (Å²) in [5.74, 6) is -0.598. The van der Waals surface area contributed by atoms with E-state index in [4.69, 9.17) is 0 Å². The number of rotatable bonds is 3. The fraction of sp³-hybridized carbons (Fsp3) is 0.286. The normalized spacial score (nSPS) is 18.7. The Bertz CT molecular complexity index is 896. The van der Waals surface area contributed by atoms with Gasteiger partial charge in [-0.2, -0.15) is 0 Å². The SMILES string of the molecule is C[C@H]1CNCCN1C(=O)c1cccc(CN2C(=O)c3ccccc3C2=O)c1.Cl. The molecule has 0 aliphatic carbocycles. The molecule has 7 heteroatoms. The van der Waals surface area contributed by atoms with Crippen molar-refractivity contribution in [1.82, 2.24) is 15.1 Å². The van der Waals surface area contributed by atoms with Gasteiger partial charge in [-0.15, -0.1) is 12.4 Å². The lowest BCUT2D eigenvalue weighted by molar-refractivity contribution is 0.0640. The number of carbonyl (C=O) groups is 3. The molecular formula is C21H22ClN3O3. The third-order valence-electron chi connectivity index (χ3n) is 5.15. The number of benzene rings is 2. The van der Waals surface area contributed by atoms with E-state index in [9.17, 15) is 14.4 Å². The molecule has 1 fully saturated rings. The van der Waals surface area contributed by atoms with Crippen LogP contribution < -0.4 is 5.32 Å². The largest absolute Gasteiger partial charge is 0.333 e. The number of nitrogens with one attached hydrogen (secondary N) is 1. The van der Waals surface area contributed by atoms with Crippen molar-refractivity contribution in [2.45, 2.75) is 19.5 Å². The van der Waals surface area contributed by atoms with Gasteiger partial charge >= 0.3 is 0 Å². The van der Waals surface area contributed by atoms with Gasteiger partial charge < -0.3 is 10.2 Å². The third-order valence-corrected chi connectivity index (χ3v) is 5.15. The predicted octanol–water partition coefficient (Wildman–Crippen LogP) is 2.34. The minimum absolute atomic E-state index is 0. The molecule has 2 heterocycles. The average Bonchev–Trinajstić information content (AvgIpc) is 2.93. The number of fused-ring (bicyclic) bond motifs is 1. The van der Waals surface area contributed by atoms with Gasteiger partial charge in [0.1, 0.15) is 0 Å². The van der Waals surface area contributed by atoms with Crippen LogP contribution >= 0.6 is 12.4 Å². The zero-order valence-electron chi connectivity index (χ0n) is 15.6. The molecule has 2 aliphatic heterocycles. The smallest absolute Gasteiger partial charge is 0.261 e. The molecule has 0 radical (unpaired) electrons. The maximum Gasteiger partial charge on any atom is 0.261 e. The van der Waals surface area contributed by atoms with Gasteiger partial charge in [-0.1, -0.05) is 24.3 Å². The van der Waals surface area contributed by atoms with Crippen LogP contribution in [0.1, 0.15) is 43.6 Å². The van der Waals surface area contributed by atoms with Crippen LogP contribution in [-0.4, -0.2) is 53.2 Å². The minimum atomic E-state index is -0.289. The standard InChI is InChI=1S/C21H21N3O3.ClH/c1-14-12-22-9-10-23(14)19(25)16-6-4-5-15(11-16)13-24-20(26)17-7-2-3-8-18(17)21(24)27;/h2-8,11,14,22H,9-10,12-13H2,1H3;1H/t14-;/m0./s1. The molecule has 4 rings (SSSR count). The third kappa shape index (κ3) is 3.53. The lowest BCUT2D eigenvalue weighted by atomic mass is 10.1. The Hall–Kier alpha value is -2.70. The molecular weight excluding hydrogens is 378 g/mol. The maximum atomic E-state index is 12.9. The molecule has 146 valence electrons. The van der Waals surface area contributed by atoms with Crippen molar-refractivity contribution in [3.05, 3.63) is 70.8 Å². The van der Waals surface area contributed by atoms with E-state index >= 15 is 0 Å². The van der Waals surface area contributed by atoms with Crippen LogP contribution in [0.25, 0.3) is 0 Å². The lowest BCUT2D eigenvalue weighted by Crippen LogP contribution is -2.52. The predicted molar refractivity (Wildman–Crippen MR) is 108 cm³/mol. The molecule has 0 unspecified atom stereocenters. The van der Waals surface area contributed by atoms with Crippen molar-refractivity contribution in [2.24, 2.45) is 0 Å². The van der Waals surface area contributed by atoms with E-state index in [2.05, 4.69) is 5.32 Å². The fourth-order valence-electron chi connectivity index (χ4n) is 3.68. The molecule has 2 aromatic rings. The summed E-state index contributed by atoms with van der Waals surface area (Å²) in [7, 11) is 0. The Kier molecular flexibility index (Phi) is 5.82. The molecule has 0 saturated carbocycles. The molecule has 1 saturated heterocycles. The first kappa shape index (κ1) is 20.0. The zero-order chi connectivity index (χ0) is 19.0. The number of nitrogens with zero attached hydrogens (tertiary/aromatic N) is 2. The summed E-state index contributed by atoms with van der Waals surface area (Å²) in [5, 5.41) is 3.27. The summed E-state index contributed by atoms with van der Waals surface area (Å²) < 4.78 is 0. The summed E-state index contributed by atoms with van der Waals surface area (Å²) in [6.45, 7) is 4.41. The highest BCUT2D eigenvalue weighted by Crippen LogP contribution is 2.24. The van der Waals surface area contributed by atoms with Gasteiger partial charge in [0.2, 0.25) is 0 Å². The number of hydrogen-bond donors (Lipinski definition) is 1. The number of hydrogen-bond acceptors (Lipinski definition) is 4. The van der Waals surface area contributed by atoms with Gasteiger partial charge in [-0.3, -0.25) is 19.3 Å². The Morgan fingerprint density at radius 2 is 1.75 bits per heavy atom. The summed E-state index contributed by atoms with van der Waals surface area (Å²) >= 11 is 0. The van der Waals surface area contributed by atoms with Crippen LogP contribution in [0.3, 0.4) is 0 Å². The molecule has 0 aromatic heterocycles. The number of amides is 3. The minimum Gasteiger partial charge on any atom is -0.333 e. The van der Waals surface area contributed by atoms with Gasteiger partial charge in [0.15, 0.2) is 0 Å². The molecule has 0 bridgehead atoms. The highest BCUT2D eigenvalue weighted by atomic mass is 35.5. The molecule has 6 nitrogen and oxygen atoms in total. The van der Waals surface area contributed by atoms with Gasteiger partial charge in [0.25, 0.3) is 17.7 Å². The number of carbonyl (C=O) groups excluding carboxylic acids is 3. The van der Waals surface area contributed by atoms with Crippen molar-refractivity contribution in [3.8, 4) is 0 Å². The van der Waals surface area contributed by atoms with Gasteiger partial charge in [-0.05, 0) is 36.8 Å². The summed E-state index contributed by atoms with van der Waals surface area (Å²) in [6.07, 6.45) is 0. The number of imide groups is 1. The Balaban J connectivity index is 0.00000225.